The van der Waals surface area contributed by atoms with Gasteiger partial charge in [0.15, 0.2) is 0 Å². The number of ether oxygens (including phenoxy) is 1. The molecule has 0 fully saturated rings. The summed E-state index contributed by atoms with van der Waals surface area (Å²) in [6.45, 7) is 4.14. The molecule has 0 amide bonds. The summed E-state index contributed by atoms with van der Waals surface area (Å²) in [4.78, 5) is 20.0. The van der Waals surface area contributed by atoms with Crippen LogP contribution in [0.2, 0.25) is 0 Å². The van der Waals surface area contributed by atoms with Crippen LogP contribution in [0.1, 0.15) is 35.9 Å². The molecule has 104 valence electrons. The molecule has 1 heterocycles. The number of hydrogen-bond acceptors (Lipinski definition) is 5. The third-order valence-corrected chi connectivity index (χ3v) is 2.78. The Labute approximate surface area is 118 Å². The van der Waals surface area contributed by atoms with Gasteiger partial charge in [-0.05, 0) is 32.0 Å². The molecule has 0 bridgehead atoms. The standard InChI is InChI=1S/C15H17N3O2/c1-3-20-15(19)12-5-4-6-13(9-12)18-11(2)14-10-16-7-8-17-14/h4-11,18H,3H2,1-2H3. The molecule has 20 heavy (non-hydrogen) atoms. The van der Waals surface area contributed by atoms with Crippen molar-refractivity contribution in [3.05, 3.63) is 54.1 Å². The van der Waals surface area contributed by atoms with E-state index in [-0.39, 0.29) is 12.0 Å². The van der Waals surface area contributed by atoms with Gasteiger partial charge in [-0.25, -0.2) is 4.79 Å². The number of esters is 1. The van der Waals surface area contributed by atoms with Crippen LogP contribution in [-0.2, 0) is 4.74 Å². The molecule has 5 heteroatoms. The predicted octanol–water partition coefficient (Wildman–Crippen LogP) is 2.83. The molecule has 5 nitrogen and oxygen atoms in total. The van der Waals surface area contributed by atoms with Gasteiger partial charge in [-0.3, -0.25) is 9.97 Å². The SMILES string of the molecule is CCOC(=O)c1cccc(NC(C)c2cnccn2)c1. The highest BCUT2D eigenvalue weighted by atomic mass is 16.5. The van der Waals surface area contributed by atoms with Gasteiger partial charge >= 0.3 is 5.97 Å². The first-order chi connectivity index (χ1) is 9.70. The van der Waals surface area contributed by atoms with Gasteiger partial charge in [0.1, 0.15) is 0 Å². The maximum Gasteiger partial charge on any atom is 0.338 e. The monoisotopic (exact) mass is 271 g/mol. The number of rotatable bonds is 5. The number of nitrogens with one attached hydrogen (secondary N) is 1. The largest absolute Gasteiger partial charge is 0.462 e. The second kappa shape index (κ2) is 6.65. The van der Waals surface area contributed by atoms with Crippen molar-refractivity contribution in [3.8, 4) is 0 Å². The summed E-state index contributed by atoms with van der Waals surface area (Å²) in [6.07, 6.45) is 5.01. The normalized spacial score (nSPS) is 11.7. The number of carbonyl (C=O) groups excluding carboxylic acids is 1. The van der Waals surface area contributed by atoms with Crippen molar-refractivity contribution < 1.29 is 9.53 Å². The number of benzene rings is 1. The third kappa shape index (κ3) is 3.54. The molecule has 1 N–H and O–H groups in total. The van der Waals surface area contributed by atoms with E-state index >= 15 is 0 Å². The zero-order valence-corrected chi connectivity index (χ0v) is 11.5. The minimum absolute atomic E-state index is 0.00106. The Balaban J connectivity index is 2.10. The van der Waals surface area contributed by atoms with Gasteiger partial charge in [0, 0.05) is 18.1 Å². The molecule has 0 spiro atoms. The lowest BCUT2D eigenvalue weighted by Crippen LogP contribution is -2.10. The van der Waals surface area contributed by atoms with Gasteiger partial charge in [0.2, 0.25) is 0 Å². The number of nitrogens with zero attached hydrogens (tertiary/aromatic N) is 2. The second-order valence-corrected chi connectivity index (χ2v) is 4.30. The molecule has 0 saturated heterocycles. The minimum Gasteiger partial charge on any atom is -0.462 e. The van der Waals surface area contributed by atoms with Crippen molar-refractivity contribution in [3.63, 3.8) is 0 Å². The molecule has 2 aromatic rings. The Hall–Kier alpha value is -2.43. The lowest BCUT2D eigenvalue weighted by molar-refractivity contribution is 0.0526. The van der Waals surface area contributed by atoms with Gasteiger partial charge < -0.3 is 10.1 Å². The zero-order valence-electron chi connectivity index (χ0n) is 11.5. The molecule has 1 atom stereocenters. The lowest BCUT2D eigenvalue weighted by atomic mass is 10.1. The molecule has 1 unspecified atom stereocenters. The predicted molar refractivity (Wildman–Crippen MR) is 76.5 cm³/mol. The van der Waals surface area contributed by atoms with Crippen LogP contribution >= 0.6 is 0 Å². The maximum absolute atomic E-state index is 11.7. The molecule has 0 aliphatic rings. The Morgan fingerprint density at radius 2 is 2.25 bits per heavy atom. The average molecular weight is 271 g/mol. The molecule has 0 aliphatic carbocycles. The number of carbonyl (C=O) groups is 1. The zero-order chi connectivity index (χ0) is 14.4. The Morgan fingerprint density at radius 3 is 2.95 bits per heavy atom. The van der Waals surface area contributed by atoms with Crippen molar-refractivity contribution in [2.75, 3.05) is 11.9 Å². The van der Waals surface area contributed by atoms with Crippen molar-refractivity contribution in [2.45, 2.75) is 19.9 Å². The lowest BCUT2D eigenvalue weighted by Gasteiger charge is -2.14. The van der Waals surface area contributed by atoms with E-state index < -0.39 is 0 Å². The number of aromatic nitrogens is 2. The van der Waals surface area contributed by atoms with Crippen molar-refractivity contribution in [1.82, 2.24) is 9.97 Å². The summed E-state index contributed by atoms with van der Waals surface area (Å²) in [5.74, 6) is -0.316. The van der Waals surface area contributed by atoms with E-state index in [1.165, 1.54) is 0 Å². The Morgan fingerprint density at radius 1 is 1.40 bits per heavy atom. The van der Waals surface area contributed by atoms with Crippen LogP contribution in [-0.4, -0.2) is 22.5 Å². The minimum atomic E-state index is -0.316. The van der Waals surface area contributed by atoms with Crippen LogP contribution in [0.5, 0.6) is 0 Å². The van der Waals surface area contributed by atoms with E-state index in [0.717, 1.165) is 11.4 Å². The molecule has 0 aliphatic heterocycles. The maximum atomic E-state index is 11.7. The summed E-state index contributed by atoms with van der Waals surface area (Å²) >= 11 is 0. The second-order valence-electron chi connectivity index (χ2n) is 4.30. The molecule has 1 aromatic carbocycles. The summed E-state index contributed by atoms with van der Waals surface area (Å²) in [5.41, 5.74) is 2.21. The fourth-order valence-electron chi connectivity index (χ4n) is 1.81. The molecule has 0 radical (unpaired) electrons. The summed E-state index contributed by atoms with van der Waals surface area (Å²) < 4.78 is 4.98. The van der Waals surface area contributed by atoms with E-state index in [0.29, 0.717) is 12.2 Å². The molecule has 0 saturated carbocycles. The van der Waals surface area contributed by atoms with Crippen LogP contribution in [0.3, 0.4) is 0 Å². The fourth-order valence-corrected chi connectivity index (χ4v) is 1.81. The molecular formula is C15H17N3O2. The first kappa shape index (κ1) is 14.0. The molecule has 1 aromatic heterocycles. The van der Waals surface area contributed by atoms with E-state index in [9.17, 15) is 4.79 Å². The highest BCUT2D eigenvalue weighted by Crippen LogP contribution is 2.18. The Kier molecular flexibility index (Phi) is 4.65. The number of anilines is 1. The fraction of sp³-hybridized carbons (Fsp3) is 0.267. The average Bonchev–Trinajstić information content (AvgIpc) is 2.48. The molecule has 2 rings (SSSR count). The highest BCUT2D eigenvalue weighted by molar-refractivity contribution is 5.90. The first-order valence-corrected chi connectivity index (χ1v) is 6.50. The topological polar surface area (TPSA) is 64.1 Å². The van der Waals surface area contributed by atoms with Gasteiger partial charge in [0.05, 0.1) is 30.1 Å². The first-order valence-electron chi connectivity index (χ1n) is 6.50. The van der Waals surface area contributed by atoms with Crippen molar-refractivity contribution in [1.29, 1.82) is 0 Å². The van der Waals surface area contributed by atoms with Crippen LogP contribution in [0.4, 0.5) is 5.69 Å². The Bertz CT molecular complexity index is 572. The molecular weight excluding hydrogens is 254 g/mol. The van der Waals surface area contributed by atoms with Gasteiger partial charge in [-0.15, -0.1) is 0 Å². The van der Waals surface area contributed by atoms with E-state index in [2.05, 4.69) is 15.3 Å². The number of hydrogen-bond donors (Lipinski definition) is 1. The van der Waals surface area contributed by atoms with Crippen LogP contribution in [0, 0.1) is 0 Å². The van der Waals surface area contributed by atoms with Crippen molar-refractivity contribution >= 4 is 11.7 Å². The van der Waals surface area contributed by atoms with Gasteiger partial charge in [-0.2, -0.15) is 0 Å². The van der Waals surface area contributed by atoms with Gasteiger partial charge in [0.25, 0.3) is 0 Å². The summed E-state index contributed by atoms with van der Waals surface area (Å²) in [5, 5.41) is 3.29. The summed E-state index contributed by atoms with van der Waals surface area (Å²) in [6, 6.07) is 7.22. The van der Waals surface area contributed by atoms with E-state index in [1.54, 1.807) is 37.6 Å². The van der Waals surface area contributed by atoms with Crippen LogP contribution < -0.4 is 5.32 Å². The van der Waals surface area contributed by atoms with Gasteiger partial charge in [-0.1, -0.05) is 6.07 Å². The van der Waals surface area contributed by atoms with E-state index in [4.69, 9.17) is 4.74 Å². The third-order valence-electron chi connectivity index (χ3n) is 2.78. The quantitative estimate of drug-likeness (QED) is 0.847. The van der Waals surface area contributed by atoms with E-state index in [1.807, 2.05) is 19.1 Å². The summed E-state index contributed by atoms with van der Waals surface area (Å²) in [7, 11) is 0. The van der Waals surface area contributed by atoms with Crippen molar-refractivity contribution in [2.24, 2.45) is 0 Å². The van der Waals surface area contributed by atoms with Crippen LogP contribution in [0.15, 0.2) is 42.9 Å². The highest BCUT2D eigenvalue weighted by Gasteiger charge is 2.10. The smallest absolute Gasteiger partial charge is 0.338 e. The van der Waals surface area contributed by atoms with Crippen LogP contribution in [0.25, 0.3) is 0 Å².